The van der Waals surface area contributed by atoms with E-state index in [2.05, 4.69) is 0 Å². The third kappa shape index (κ3) is 3.07. The summed E-state index contributed by atoms with van der Waals surface area (Å²) >= 11 is 0. The van der Waals surface area contributed by atoms with Gasteiger partial charge in [-0.2, -0.15) is 17.5 Å². The summed E-state index contributed by atoms with van der Waals surface area (Å²) in [6.07, 6.45) is -4.72. The molecule has 1 aliphatic heterocycles. The van der Waals surface area contributed by atoms with E-state index in [9.17, 15) is 30.8 Å². The largest absolute Gasteiger partial charge is 0.481 e. The van der Waals surface area contributed by atoms with Gasteiger partial charge in [0.1, 0.15) is 10.7 Å². The lowest BCUT2D eigenvalue weighted by atomic mass is 10.1. The highest BCUT2D eigenvalue weighted by Crippen LogP contribution is 2.32. The van der Waals surface area contributed by atoms with E-state index < -0.39 is 44.4 Å². The number of carboxylic acid groups (broad SMARTS) is 1. The van der Waals surface area contributed by atoms with Gasteiger partial charge in [-0.25, -0.2) is 12.8 Å². The lowest BCUT2D eigenvalue weighted by Crippen LogP contribution is -2.30. The molecule has 2 rings (SSSR count). The summed E-state index contributed by atoms with van der Waals surface area (Å²) in [5.41, 5.74) is -1.30. The molecular formula is C12H11F4NO4S. The van der Waals surface area contributed by atoms with Gasteiger partial charge in [0.25, 0.3) is 0 Å². The van der Waals surface area contributed by atoms with Gasteiger partial charge in [0, 0.05) is 13.1 Å². The molecule has 0 radical (unpaired) electrons. The van der Waals surface area contributed by atoms with Gasteiger partial charge in [0.15, 0.2) is 0 Å². The maximum Gasteiger partial charge on any atom is 0.416 e. The molecule has 1 saturated heterocycles. The van der Waals surface area contributed by atoms with Crippen LogP contribution in [0.25, 0.3) is 0 Å². The van der Waals surface area contributed by atoms with Crippen molar-refractivity contribution >= 4 is 16.0 Å². The van der Waals surface area contributed by atoms with Crippen molar-refractivity contribution < 1.29 is 35.9 Å². The molecule has 0 saturated carbocycles. The Kier molecular flexibility index (Phi) is 4.18. The van der Waals surface area contributed by atoms with Crippen LogP contribution in [0.5, 0.6) is 0 Å². The topological polar surface area (TPSA) is 74.7 Å². The lowest BCUT2D eigenvalue weighted by molar-refractivity contribution is -0.141. The normalized spacial score (nSPS) is 20.3. The standard InChI is InChI=1S/C12H11F4NO4S/c13-9-5-8(12(14,15)16)1-2-10(9)22(20,21)17-4-3-7(6-17)11(18)19/h1-2,5,7H,3-4,6H2,(H,18,19). The highest BCUT2D eigenvalue weighted by Gasteiger charge is 2.38. The zero-order valence-electron chi connectivity index (χ0n) is 11.0. The molecular weight excluding hydrogens is 330 g/mol. The molecule has 0 amide bonds. The van der Waals surface area contributed by atoms with Gasteiger partial charge < -0.3 is 5.11 Å². The number of alkyl halides is 3. The van der Waals surface area contributed by atoms with E-state index >= 15 is 0 Å². The number of aliphatic carboxylic acids is 1. The highest BCUT2D eigenvalue weighted by atomic mass is 32.2. The van der Waals surface area contributed by atoms with E-state index in [4.69, 9.17) is 5.11 Å². The number of nitrogens with zero attached hydrogens (tertiary/aromatic N) is 1. The van der Waals surface area contributed by atoms with E-state index in [1.807, 2.05) is 0 Å². The van der Waals surface area contributed by atoms with Gasteiger partial charge in [0.2, 0.25) is 10.0 Å². The van der Waals surface area contributed by atoms with Crippen LogP contribution in [0.4, 0.5) is 17.6 Å². The Morgan fingerprint density at radius 1 is 1.32 bits per heavy atom. The smallest absolute Gasteiger partial charge is 0.416 e. The maximum absolute atomic E-state index is 13.8. The van der Waals surface area contributed by atoms with Crippen LogP contribution in [0.15, 0.2) is 23.1 Å². The van der Waals surface area contributed by atoms with Crippen LogP contribution in [0.3, 0.4) is 0 Å². The molecule has 122 valence electrons. The summed E-state index contributed by atoms with van der Waals surface area (Å²) < 4.78 is 76.3. The van der Waals surface area contributed by atoms with Gasteiger partial charge in [0.05, 0.1) is 11.5 Å². The molecule has 0 aliphatic carbocycles. The van der Waals surface area contributed by atoms with Crippen molar-refractivity contribution in [2.75, 3.05) is 13.1 Å². The zero-order chi connectivity index (χ0) is 16.7. The fourth-order valence-electron chi connectivity index (χ4n) is 2.17. The van der Waals surface area contributed by atoms with Crippen LogP contribution in [0.1, 0.15) is 12.0 Å². The van der Waals surface area contributed by atoms with Crippen molar-refractivity contribution in [2.24, 2.45) is 5.92 Å². The van der Waals surface area contributed by atoms with E-state index in [0.717, 1.165) is 4.31 Å². The highest BCUT2D eigenvalue weighted by molar-refractivity contribution is 7.89. The van der Waals surface area contributed by atoms with Gasteiger partial charge >= 0.3 is 12.1 Å². The van der Waals surface area contributed by atoms with Crippen molar-refractivity contribution in [3.05, 3.63) is 29.6 Å². The van der Waals surface area contributed by atoms with Crippen molar-refractivity contribution in [3.8, 4) is 0 Å². The van der Waals surface area contributed by atoms with E-state index in [-0.39, 0.29) is 25.6 Å². The van der Waals surface area contributed by atoms with Crippen molar-refractivity contribution in [3.63, 3.8) is 0 Å². The van der Waals surface area contributed by atoms with Crippen LogP contribution in [-0.4, -0.2) is 36.9 Å². The molecule has 1 unspecified atom stereocenters. The number of rotatable bonds is 3. The minimum atomic E-state index is -4.79. The number of sulfonamides is 1. The number of halogens is 4. The van der Waals surface area contributed by atoms with E-state index in [1.54, 1.807) is 0 Å². The Balaban J connectivity index is 2.33. The number of benzene rings is 1. The Bertz CT molecular complexity index is 702. The quantitative estimate of drug-likeness (QED) is 0.853. The predicted octanol–water partition coefficient (Wildman–Crippen LogP) is 1.94. The molecule has 0 bridgehead atoms. The van der Waals surface area contributed by atoms with Crippen molar-refractivity contribution in [1.29, 1.82) is 0 Å². The van der Waals surface area contributed by atoms with Crippen LogP contribution in [-0.2, 0) is 21.0 Å². The molecule has 22 heavy (non-hydrogen) atoms. The van der Waals surface area contributed by atoms with Crippen LogP contribution < -0.4 is 0 Å². The van der Waals surface area contributed by atoms with Gasteiger partial charge in [-0.3, -0.25) is 4.79 Å². The molecule has 0 spiro atoms. The fraction of sp³-hybridized carbons (Fsp3) is 0.417. The summed E-state index contributed by atoms with van der Waals surface area (Å²) in [5.74, 6) is -3.61. The second-order valence-electron chi connectivity index (χ2n) is 4.83. The lowest BCUT2D eigenvalue weighted by Gasteiger charge is -2.17. The molecule has 1 aliphatic rings. The predicted molar refractivity (Wildman–Crippen MR) is 65.9 cm³/mol. The minimum Gasteiger partial charge on any atom is -0.481 e. The third-order valence-electron chi connectivity index (χ3n) is 3.38. The first-order valence-corrected chi connectivity index (χ1v) is 7.57. The molecule has 1 atom stereocenters. The number of hydrogen-bond donors (Lipinski definition) is 1. The Morgan fingerprint density at radius 2 is 1.95 bits per heavy atom. The maximum atomic E-state index is 13.8. The second kappa shape index (κ2) is 5.51. The molecule has 1 aromatic rings. The third-order valence-corrected chi connectivity index (χ3v) is 5.28. The van der Waals surface area contributed by atoms with Crippen molar-refractivity contribution in [2.45, 2.75) is 17.5 Å². The molecule has 1 aromatic carbocycles. The monoisotopic (exact) mass is 341 g/mol. The average Bonchev–Trinajstić information content (AvgIpc) is 2.87. The zero-order valence-corrected chi connectivity index (χ0v) is 11.8. The summed E-state index contributed by atoms with van der Waals surface area (Å²) in [6, 6.07) is 1.12. The Hall–Kier alpha value is -1.68. The number of carbonyl (C=O) groups is 1. The van der Waals surface area contributed by atoms with Crippen LogP contribution in [0.2, 0.25) is 0 Å². The van der Waals surface area contributed by atoms with E-state index in [1.165, 1.54) is 0 Å². The molecule has 1 fully saturated rings. The van der Waals surface area contributed by atoms with Gasteiger partial charge in [-0.15, -0.1) is 0 Å². The van der Waals surface area contributed by atoms with Crippen molar-refractivity contribution in [1.82, 2.24) is 4.31 Å². The Morgan fingerprint density at radius 3 is 2.41 bits per heavy atom. The molecule has 10 heteroatoms. The van der Waals surface area contributed by atoms with Gasteiger partial charge in [-0.1, -0.05) is 0 Å². The fourth-order valence-corrected chi connectivity index (χ4v) is 3.72. The molecule has 1 N–H and O–H groups in total. The van der Waals surface area contributed by atoms with Crippen LogP contribution >= 0.6 is 0 Å². The summed E-state index contributed by atoms with van der Waals surface area (Å²) in [5, 5.41) is 8.83. The first kappa shape index (κ1) is 16.7. The first-order valence-electron chi connectivity index (χ1n) is 6.13. The number of carboxylic acids is 1. The second-order valence-corrected chi connectivity index (χ2v) is 6.74. The average molecular weight is 341 g/mol. The van der Waals surface area contributed by atoms with Gasteiger partial charge in [-0.05, 0) is 24.6 Å². The molecule has 1 heterocycles. The van der Waals surface area contributed by atoms with Crippen LogP contribution in [0, 0.1) is 11.7 Å². The Labute approximate surface area is 123 Å². The summed E-state index contributed by atoms with van der Waals surface area (Å²) in [6.45, 7) is -0.460. The minimum absolute atomic E-state index is 0.0663. The van der Waals surface area contributed by atoms with E-state index in [0.29, 0.717) is 12.1 Å². The number of hydrogen-bond acceptors (Lipinski definition) is 3. The SMILES string of the molecule is O=C(O)C1CCN(S(=O)(=O)c2ccc(C(F)(F)F)cc2F)C1. The first-order chi connectivity index (χ1) is 10.0. The summed E-state index contributed by atoms with van der Waals surface area (Å²) in [4.78, 5) is 9.92. The summed E-state index contributed by atoms with van der Waals surface area (Å²) in [7, 11) is -4.37. The molecule has 5 nitrogen and oxygen atoms in total. The molecule has 0 aromatic heterocycles.